The van der Waals surface area contributed by atoms with Crippen molar-refractivity contribution in [3.63, 3.8) is 0 Å². The number of carbonyl (C=O) groups is 1. The summed E-state index contributed by atoms with van der Waals surface area (Å²) in [4.78, 5) is 11.2. The van der Waals surface area contributed by atoms with Gasteiger partial charge in [0.05, 0.1) is 0 Å². The average Bonchev–Trinajstić information content (AvgIpc) is 2.88. The summed E-state index contributed by atoms with van der Waals surface area (Å²) in [5.41, 5.74) is 10.1. The Kier molecular flexibility index (Phi) is 3.55. The fourth-order valence-corrected chi connectivity index (χ4v) is 2.68. The number of nitrogens with two attached hydrogens (primary N) is 1. The number of primary amides is 1. The zero-order chi connectivity index (χ0) is 15.7. The molecule has 0 spiro atoms. The van der Waals surface area contributed by atoms with Crippen LogP contribution in [0.1, 0.15) is 16.7 Å². The molecule has 0 fully saturated rings. The normalized spacial score (nSPS) is 10.8. The molecule has 1 aromatic heterocycles. The maximum absolute atomic E-state index is 11.2. The third-order valence-electron chi connectivity index (χ3n) is 3.85. The lowest BCUT2D eigenvalue weighted by Gasteiger charge is -2.08. The molecule has 3 aromatic rings. The number of hydrogen-bond donors (Lipinski definition) is 1. The molecule has 3 nitrogen and oxygen atoms in total. The van der Waals surface area contributed by atoms with E-state index >= 15 is 0 Å². The van der Waals surface area contributed by atoms with Crippen molar-refractivity contribution in [1.82, 2.24) is 4.57 Å². The fourth-order valence-electron chi connectivity index (χ4n) is 2.68. The number of amides is 1. The van der Waals surface area contributed by atoms with Crippen molar-refractivity contribution < 1.29 is 4.79 Å². The molecule has 0 aliphatic carbocycles. The minimum Gasteiger partial charge on any atom is -0.366 e. The summed E-state index contributed by atoms with van der Waals surface area (Å²) >= 11 is 0. The molecule has 3 heteroatoms. The lowest BCUT2D eigenvalue weighted by molar-refractivity contribution is -0.112. The first-order valence-electron chi connectivity index (χ1n) is 7.18. The van der Waals surface area contributed by atoms with Gasteiger partial charge in [0.15, 0.2) is 0 Å². The molecule has 2 N–H and O–H groups in total. The van der Waals surface area contributed by atoms with Crippen LogP contribution in [-0.2, 0) is 11.3 Å². The number of nitrogens with zero attached hydrogens (tertiary/aromatic N) is 1. The van der Waals surface area contributed by atoms with Gasteiger partial charge < -0.3 is 10.3 Å². The Labute approximate surface area is 129 Å². The maximum atomic E-state index is 11.2. The molecule has 22 heavy (non-hydrogen) atoms. The van der Waals surface area contributed by atoms with Gasteiger partial charge >= 0.3 is 0 Å². The van der Waals surface area contributed by atoms with Gasteiger partial charge in [0.2, 0.25) is 5.91 Å². The molecule has 1 amide bonds. The fraction of sp³-hybridized carbons (Fsp3) is 0.105. The first-order chi connectivity index (χ1) is 10.5. The van der Waals surface area contributed by atoms with Crippen molar-refractivity contribution in [3.05, 3.63) is 78.0 Å². The van der Waals surface area contributed by atoms with Crippen LogP contribution in [-0.4, -0.2) is 10.5 Å². The van der Waals surface area contributed by atoms with Crippen LogP contribution in [0.15, 0.2) is 61.3 Å². The molecule has 0 atom stereocenters. The van der Waals surface area contributed by atoms with E-state index in [4.69, 9.17) is 5.73 Å². The van der Waals surface area contributed by atoms with Crippen LogP contribution in [0, 0.1) is 6.92 Å². The second-order valence-corrected chi connectivity index (χ2v) is 5.55. The van der Waals surface area contributed by atoms with Gasteiger partial charge in [0.1, 0.15) is 0 Å². The summed E-state index contributed by atoms with van der Waals surface area (Å²) in [6.07, 6.45) is 2.06. The van der Waals surface area contributed by atoms with E-state index in [0.29, 0.717) is 5.57 Å². The van der Waals surface area contributed by atoms with E-state index in [9.17, 15) is 4.79 Å². The van der Waals surface area contributed by atoms with E-state index in [0.717, 1.165) is 23.0 Å². The molecule has 0 aliphatic heterocycles. The SMILES string of the molecule is C=C(C(N)=O)c1ccc2c(ccn2Cc2cccc(C)c2)c1. The number of carbonyl (C=O) groups excluding carboxylic acids is 1. The van der Waals surface area contributed by atoms with E-state index in [1.807, 2.05) is 24.3 Å². The van der Waals surface area contributed by atoms with Gasteiger partial charge in [-0.1, -0.05) is 42.5 Å². The first kappa shape index (κ1) is 14.1. The van der Waals surface area contributed by atoms with E-state index in [2.05, 4.69) is 48.5 Å². The summed E-state index contributed by atoms with van der Waals surface area (Å²) in [6, 6.07) is 16.4. The Balaban J connectivity index is 1.96. The zero-order valence-electron chi connectivity index (χ0n) is 12.5. The third kappa shape index (κ3) is 2.66. The van der Waals surface area contributed by atoms with E-state index in [1.54, 1.807) is 0 Å². The van der Waals surface area contributed by atoms with E-state index in [1.165, 1.54) is 11.1 Å². The average molecular weight is 290 g/mol. The van der Waals surface area contributed by atoms with Gasteiger partial charge in [0.25, 0.3) is 0 Å². The molecule has 0 saturated carbocycles. The number of hydrogen-bond acceptors (Lipinski definition) is 1. The molecule has 110 valence electrons. The summed E-state index contributed by atoms with van der Waals surface area (Å²) in [7, 11) is 0. The predicted molar refractivity (Wildman–Crippen MR) is 90.4 cm³/mol. The second kappa shape index (κ2) is 5.53. The number of rotatable bonds is 4. The molecule has 0 bridgehead atoms. The van der Waals surface area contributed by atoms with Crippen LogP contribution in [0.4, 0.5) is 0 Å². The lowest BCUT2D eigenvalue weighted by atomic mass is 10.1. The van der Waals surface area contributed by atoms with Crippen molar-refractivity contribution in [2.45, 2.75) is 13.5 Å². The molecule has 0 unspecified atom stereocenters. The molecular weight excluding hydrogens is 272 g/mol. The van der Waals surface area contributed by atoms with Crippen molar-refractivity contribution in [3.8, 4) is 0 Å². The van der Waals surface area contributed by atoms with Gasteiger partial charge in [-0.15, -0.1) is 0 Å². The van der Waals surface area contributed by atoms with Crippen LogP contribution in [0.2, 0.25) is 0 Å². The molecule has 0 saturated heterocycles. The minimum atomic E-state index is -0.487. The Morgan fingerprint density at radius 2 is 2.00 bits per heavy atom. The summed E-state index contributed by atoms with van der Waals surface area (Å²) in [5, 5.41) is 1.08. The quantitative estimate of drug-likeness (QED) is 0.735. The Morgan fingerprint density at radius 3 is 2.73 bits per heavy atom. The second-order valence-electron chi connectivity index (χ2n) is 5.55. The number of aromatic nitrogens is 1. The van der Waals surface area contributed by atoms with Gasteiger partial charge in [-0.05, 0) is 36.2 Å². The van der Waals surface area contributed by atoms with Crippen molar-refractivity contribution in [2.24, 2.45) is 5.73 Å². The number of fused-ring (bicyclic) bond motifs is 1. The Hall–Kier alpha value is -2.81. The Bertz CT molecular complexity index is 874. The van der Waals surface area contributed by atoms with E-state index < -0.39 is 5.91 Å². The summed E-state index contributed by atoms with van der Waals surface area (Å²) in [5.74, 6) is -0.487. The van der Waals surface area contributed by atoms with Gasteiger partial charge in [0, 0.05) is 29.2 Å². The topological polar surface area (TPSA) is 48.0 Å². The standard InChI is InChI=1S/C19H18N2O/c1-13-4-3-5-15(10-13)12-21-9-8-17-11-16(6-7-18(17)21)14(2)19(20)22/h3-11H,2,12H2,1H3,(H2,20,22). The molecule has 3 rings (SSSR count). The molecule has 1 heterocycles. The van der Waals surface area contributed by atoms with Gasteiger partial charge in [-0.2, -0.15) is 0 Å². The maximum Gasteiger partial charge on any atom is 0.248 e. The Morgan fingerprint density at radius 1 is 1.18 bits per heavy atom. The third-order valence-corrected chi connectivity index (χ3v) is 3.85. The molecule has 2 aromatic carbocycles. The highest BCUT2D eigenvalue weighted by Gasteiger charge is 2.08. The van der Waals surface area contributed by atoms with Crippen LogP contribution < -0.4 is 5.73 Å². The van der Waals surface area contributed by atoms with Crippen LogP contribution in [0.25, 0.3) is 16.5 Å². The molecular formula is C19H18N2O. The van der Waals surface area contributed by atoms with Crippen LogP contribution in [0.3, 0.4) is 0 Å². The van der Waals surface area contributed by atoms with Gasteiger partial charge in [-0.3, -0.25) is 4.79 Å². The first-order valence-corrected chi connectivity index (χ1v) is 7.18. The largest absolute Gasteiger partial charge is 0.366 e. The van der Waals surface area contributed by atoms with Crippen molar-refractivity contribution in [2.75, 3.05) is 0 Å². The highest BCUT2D eigenvalue weighted by Crippen LogP contribution is 2.22. The molecule has 0 aliphatic rings. The molecule has 0 radical (unpaired) electrons. The van der Waals surface area contributed by atoms with Crippen molar-refractivity contribution >= 4 is 22.4 Å². The van der Waals surface area contributed by atoms with E-state index in [-0.39, 0.29) is 0 Å². The smallest absolute Gasteiger partial charge is 0.248 e. The highest BCUT2D eigenvalue weighted by atomic mass is 16.1. The number of aryl methyl sites for hydroxylation is 1. The van der Waals surface area contributed by atoms with Crippen LogP contribution >= 0.6 is 0 Å². The lowest BCUT2D eigenvalue weighted by Crippen LogP contribution is -2.11. The van der Waals surface area contributed by atoms with Crippen LogP contribution in [0.5, 0.6) is 0 Å². The minimum absolute atomic E-state index is 0.341. The summed E-state index contributed by atoms with van der Waals surface area (Å²) in [6.45, 7) is 6.65. The van der Waals surface area contributed by atoms with Gasteiger partial charge in [-0.25, -0.2) is 0 Å². The zero-order valence-corrected chi connectivity index (χ0v) is 12.5. The monoisotopic (exact) mass is 290 g/mol. The highest BCUT2D eigenvalue weighted by molar-refractivity contribution is 6.18. The predicted octanol–water partition coefficient (Wildman–Crippen LogP) is 3.50. The van der Waals surface area contributed by atoms with Crippen molar-refractivity contribution in [1.29, 1.82) is 0 Å². The number of benzene rings is 2. The summed E-state index contributed by atoms with van der Waals surface area (Å²) < 4.78 is 2.20.